The van der Waals surface area contributed by atoms with Crippen LogP contribution in [0.4, 0.5) is 24.5 Å². The van der Waals surface area contributed by atoms with Gasteiger partial charge in [0.05, 0.1) is 17.9 Å². The van der Waals surface area contributed by atoms with Gasteiger partial charge in [0.1, 0.15) is 0 Å². The van der Waals surface area contributed by atoms with E-state index in [2.05, 4.69) is 30.5 Å². The number of carbonyl (C=O) groups excluding carboxylic acids is 1. The molecule has 0 radical (unpaired) electrons. The average molecular weight is 534 g/mol. The molecule has 7 rings (SSSR count). The Kier molecular flexibility index (Phi) is 5.17. The monoisotopic (exact) mass is 533 g/mol. The Hall–Kier alpha value is -4.15. The molecule has 200 valence electrons. The number of halogens is 3. The molecule has 3 atom stereocenters. The van der Waals surface area contributed by atoms with Gasteiger partial charge in [0, 0.05) is 72.2 Å². The van der Waals surface area contributed by atoms with Crippen LogP contribution < -0.4 is 10.2 Å². The number of carbonyl (C=O) groups is 1. The minimum Gasteiger partial charge on any atom is -0.370 e. The lowest BCUT2D eigenvalue weighted by atomic mass is 9.86. The normalized spacial score (nSPS) is 23.9. The van der Waals surface area contributed by atoms with Crippen LogP contribution in [0.5, 0.6) is 0 Å². The van der Waals surface area contributed by atoms with Crippen LogP contribution in [-0.4, -0.2) is 49.9 Å². The van der Waals surface area contributed by atoms with Crippen molar-refractivity contribution in [2.45, 2.75) is 31.7 Å². The van der Waals surface area contributed by atoms with Gasteiger partial charge in [0.15, 0.2) is 5.69 Å². The van der Waals surface area contributed by atoms with Gasteiger partial charge >= 0.3 is 0 Å². The van der Waals surface area contributed by atoms with Crippen molar-refractivity contribution in [2.24, 2.45) is 17.3 Å². The minimum atomic E-state index is -2.73. The summed E-state index contributed by atoms with van der Waals surface area (Å²) < 4.78 is 44.0. The Morgan fingerprint density at radius 2 is 2.00 bits per heavy atom. The highest BCUT2D eigenvalue weighted by molar-refractivity contribution is 6.04. The second-order valence-corrected chi connectivity index (χ2v) is 11.0. The van der Waals surface area contributed by atoms with Crippen molar-refractivity contribution in [3.63, 3.8) is 0 Å². The van der Waals surface area contributed by atoms with E-state index in [1.807, 2.05) is 35.0 Å². The zero-order valence-corrected chi connectivity index (χ0v) is 21.1. The van der Waals surface area contributed by atoms with E-state index in [0.29, 0.717) is 30.0 Å². The van der Waals surface area contributed by atoms with E-state index < -0.39 is 29.1 Å². The van der Waals surface area contributed by atoms with Crippen molar-refractivity contribution in [1.29, 1.82) is 0 Å². The highest BCUT2D eigenvalue weighted by Crippen LogP contribution is 2.70. The molecule has 1 saturated carbocycles. The third kappa shape index (κ3) is 3.74. The lowest BCUT2D eigenvalue weighted by Gasteiger charge is -2.45. The summed E-state index contributed by atoms with van der Waals surface area (Å²) in [4.78, 5) is 18.8. The van der Waals surface area contributed by atoms with Crippen LogP contribution in [0.3, 0.4) is 0 Å². The number of hydrogen-bond donors (Lipinski definition) is 2. The molecule has 8 nitrogen and oxygen atoms in total. The van der Waals surface area contributed by atoms with Crippen LogP contribution in [0.25, 0.3) is 0 Å². The van der Waals surface area contributed by atoms with Crippen molar-refractivity contribution in [3.05, 3.63) is 89.5 Å². The standard InChI is InChI=1S/C28H26F3N7O/c1-27-11-21-20(10-22(27)28(27,30)31)24(36-35-21)26(39)34-18-12-33-38(15-18)25(16-5-3-2-4-6-16)17-13-37(14-17)19-7-8-32-23(29)9-19/h2-9,12,15,17,22,25H,10-11,13-14H2,1H3,(H,34,39)(H,35,36)/t22-,25?,27+/m0/s1. The van der Waals surface area contributed by atoms with E-state index in [0.717, 1.165) is 11.3 Å². The SMILES string of the molecule is C[C@@]12Cc3[nH]nc(C(=O)Nc4cnn(C(c5ccccc5)C5CN(c6ccnc(F)c6)C5)c4)c3C[C@@H]1C2(F)F. The third-order valence-electron chi connectivity index (χ3n) is 8.72. The molecular weight excluding hydrogens is 507 g/mol. The van der Waals surface area contributed by atoms with Crippen LogP contribution >= 0.6 is 0 Å². The van der Waals surface area contributed by atoms with Crippen LogP contribution in [0.15, 0.2) is 61.1 Å². The van der Waals surface area contributed by atoms with Gasteiger partial charge in [-0.1, -0.05) is 37.3 Å². The first-order valence-corrected chi connectivity index (χ1v) is 13.0. The quantitative estimate of drug-likeness (QED) is 0.357. The number of H-pyrrole nitrogens is 1. The molecular formula is C28H26F3N7O. The number of aromatic amines is 1. The number of pyridine rings is 1. The van der Waals surface area contributed by atoms with Crippen LogP contribution in [0.2, 0.25) is 0 Å². The fourth-order valence-corrected chi connectivity index (χ4v) is 6.34. The predicted octanol–water partition coefficient (Wildman–Crippen LogP) is 4.49. The fourth-order valence-electron chi connectivity index (χ4n) is 6.34. The summed E-state index contributed by atoms with van der Waals surface area (Å²) in [5.74, 6) is -4.26. The van der Waals surface area contributed by atoms with Gasteiger partial charge < -0.3 is 10.2 Å². The lowest BCUT2D eigenvalue weighted by Crippen LogP contribution is -2.51. The topological polar surface area (TPSA) is 91.7 Å². The van der Waals surface area contributed by atoms with Gasteiger partial charge in [-0.05, 0) is 18.1 Å². The number of aromatic nitrogens is 5. The summed E-state index contributed by atoms with van der Waals surface area (Å²) in [7, 11) is 0. The average Bonchev–Trinajstić information content (AvgIpc) is 3.31. The second kappa shape index (κ2) is 8.42. The maximum Gasteiger partial charge on any atom is 0.276 e. The number of anilines is 2. The van der Waals surface area contributed by atoms with Gasteiger partial charge in [-0.15, -0.1) is 0 Å². The molecule has 0 spiro atoms. The summed E-state index contributed by atoms with van der Waals surface area (Å²) >= 11 is 0. The Balaban J connectivity index is 1.09. The van der Waals surface area contributed by atoms with Crippen LogP contribution in [0.1, 0.15) is 40.3 Å². The number of benzene rings is 1. The Morgan fingerprint density at radius 3 is 2.77 bits per heavy atom. The van der Waals surface area contributed by atoms with Crippen LogP contribution in [-0.2, 0) is 12.8 Å². The molecule has 2 N–H and O–H groups in total. The van der Waals surface area contributed by atoms with E-state index in [1.54, 1.807) is 25.4 Å². The van der Waals surface area contributed by atoms with Crippen molar-refractivity contribution in [3.8, 4) is 0 Å². The Morgan fingerprint density at radius 1 is 1.21 bits per heavy atom. The molecule has 1 unspecified atom stereocenters. The largest absolute Gasteiger partial charge is 0.370 e. The van der Waals surface area contributed by atoms with Gasteiger partial charge in [0.25, 0.3) is 11.8 Å². The summed E-state index contributed by atoms with van der Waals surface area (Å²) in [5, 5.41) is 14.4. The summed E-state index contributed by atoms with van der Waals surface area (Å²) in [6.07, 6.45) is 5.12. The number of rotatable bonds is 6. The first kappa shape index (κ1) is 23.9. The zero-order valence-electron chi connectivity index (χ0n) is 21.1. The van der Waals surface area contributed by atoms with E-state index in [1.165, 1.54) is 12.3 Å². The molecule has 0 bridgehead atoms. The van der Waals surface area contributed by atoms with Gasteiger partial charge in [-0.25, -0.2) is 13.8 Å². The maximum absolute atomic E-state index is 14.3. The highest BCUT2D eigenvalue weighted by atomic mass is 19.3. The first-order valence-electron chi connectivity index (χ1n) is 13.0. The highest BCUT2D eigenvalue weighted by Gasteiger charge is 2.78. The van der Waals surface area contributed by atoms with Crippen LogP contribution in [0, 0.1) is 23.2 Å². The summed E-state index contributed by atoms with van der Waals surface area (Å²) in [6.45, 7) is 3.00. The molecule has 1 aromatic carbocycles. The van der Waals surface area contributed by atoms with E-state index >= 15 is 0 Å². The molecule has 1 amide bonds. The summed E-state index contributed by atoms with van der Waals surface area (Å²) in [6, 6.07) is 13.1. The van der Waals surface area contributed by atoms with Gasteiger partial charge in [-0.3, -0.25) is 14.6 Å². The van der Waals surface area contributed by atoms with E-state index in [4.69, 9.17) is 0 Å². The first-order chi connectivity index (χ1) is 18.7. The fraction of sp³-hybridized carbons (Fsp3) is 0.357. The minimum absolute atomic E-state index is 0.104. The number of fused-ring (bicyclic) bond motifs is 2. The number of alkyl halides is 2. The number of hydrogen-bond acceptors (Lipinski definition) is 5. The van der Waals surface area contributed by atoms with Crippen molar-refractivity contribution in [1.82, 2.24) is 25.0 Å². The molecule has 2 aliphatic carbocycles. The van der Waals surface area contributed by atoms with Gasteiger partial charge in [-0.2, -0.15) is 14.6 Å². The second-order valence-electron chi connectivity index (χ2n) is 11.0. The molecule has 1 aliphatic heterocycles. The van der Waals surface area contributed by atoms with E-state index in [9.17, 15) is 18.0 Å². The molecule has 11 heteroatoms. The van der Waals surface area contributed by atoms with Crippen molar-refractivity contribution >= 4 is 17.3 Å². The predicted molar refractivity (Wildman–Crippen MR) is 137 cm³/mol. The molecule has 3 aromatic heterocycles. The Bertz CT molecular complexity index is 1560. The van der Waals surface area contributed by atoms with Crippen molar-refractivity contribution < 1.29 is 18.0 Å². The molecule has 4 aromatic rings. The van der Waals surface area contributed by atoms with Gasteiger partial charge in [0.2, 0.25) is 5.95 Å². The molecule has 39 heavy (non-hydrogen) atoms. The molecule has 1 saturated heterocycles. The summed E-state index contributed by atoms with van der Waals surface area (Å²) in [5.41, 5.74) is 2.62. The van der Waals surface area contributed by atoms with Crippen molar-refractivity contribution in [2.75, 3.05) is 23.3 Å². The zero-order chi connectivity index (χ0) is 26.9. The number of amides is 1. The molecule has 3 aliphatic rings. The molecule has 4 heterocycles. The lowest BCUT2D eigenvalue weighted by molar-refractivity contribution is 0.0630. The number of nitrogens with zero attached hydrogens (tertiary/aromatic N) is 5. The smallest absolute Gasteiger partial charge is 0.276 e. The number of nitrogens with one attached hydrogen (secondary N) is 2. The third-order valence-corrected chi connectivity index (χ3v) is 8.72. The Labute approximate surface area is 222 Å². The molecule has 2 fully saturated rings. The van der Waals surface area contributed by atoms with E-state index in [-0.39, 0.29) is 30.5 Å². The maximum atomic E-state index is 14.3.